The van der Waals surface area contributed by atoms with Gasteiger partial charge in [0.05, 0.1) is 12.6 Å². The van der Waals surface area contributed by atoms with Gasteiger partial charge in [-0.1, -0.05) is 23.7 Å². The summed E-state index contributed by atoms with van der Waals surface area (Å²) in [5, 5.41) is 3.29. The number of nitrogens with zero attached hydrogens (tertiary/aromatic N) is 2. The molecule has 19 heavy (non-hydrogen) atoms. The summed E-state index contributed by atoms with van der Waals surface area (Å²) >= 11 is 12.3. The van der Waals surface area contributed by atoms with Crippen molar-refractivity contribution in [3.05, 3.63) is 50.3 Å². The summed E-state index contributed by atoms with van der Waals surface area (Å²) < 4.78 is 1.06. The van der Waals surface area contributed by atoms with E-state index in [-0.39, 0.29) is 12.3 Å². The first-order chi connectivity index (χ1) is 9.04. The van der Waals surface area contributed by atoms with Crippen molar-refractivity contribution in [3.63, 3.8) is 0 Å². The molecule has 0 saturated heterocycles. The summed E-state index contributed by atoms with van der Waals surface area (Å²) in [4.78, 5) is 20.0. The van der Waals surface area contributed by atoms with Gasteiger partial charge >= 0.3 is 0 Å². The highest BCUT2D eigenvalue weighted by Gasteiger charge is 2.09. The lowest BCUT2D eigenvalue weighted by Crippen LogP contribution is -2.16. The number of aromatic nitrogens is 2. The van der Waals surface area contributed by atoms with Crippen LogP contribution in [0.2, 0.25) is 5.02 Å². The first-order valence-electron chi connectivity index (χ1n) is 5.27. The van der Waals surface area contributed by atoms with Gasteiger partial charge in [-0.25, -0.2) is 9.97 Å². The van der Waals surface area contributed by atoms with Crippen LogP contribution in [0.4, 0.5) is 5.82 Å². The predicted molar refractivity (Wildman–Crippen MR) is 81.2 cm³/mol. The van der Waals surface area contributed by atoms with Gasteiger partial charge in [0.2, 0.25) is 5.91 Å². The monoisotopic (exact) mass is 403 g/mol. The molecule has 1 heterocycles. The highest BCUT2D eigenvalue weighted by atomic mass is 79.9. The average molecular weight is 405 g/mol. The van der Waals surface area contributed by atoms with Crippen molar-refractivity contribution in [2.24, 2.45) is 0 Å². The fourth-order valence-electron chi connectivity index (χ4n) is 1.44. The summed E-state index contributed by atoms with van der Waals surface area (Å²) in [5.41, 5.74) is 0.839. The number of carbonyl (C=O) groups excluding carboxylic acids is 1. The molecule has 1 amide bonds. The SMILES string of the molecule is O=C(Cc1cccc(Cl)c1)Nc1ncc(Br)nc1Br. The molecule has 1 N–H and O–H groups in total. The molecule has 1 aromatic heterocycles. The van der Waals surface area contributed by atoms with E-state index in [0.29, 0.717) is 20.0 Å². The lowest BCUT2D eigenvalue weighted by atomic mass is 10.1. The van der Waals surface area contributed by atoms with Crippen LogP contribution in [0.25, 0.3) is 0 Å². The topological polar surface area (TPSA) is 54.9 Å². The van der Waals surface area contributed by atoms with Crippen molar-refractivity contribution in [3.8, 4) is 0 Å². The summed E-state index contributed by atoms with van der Waals surface area (Å²) in [6.45, 7) is 0. The van der Waals surface area contributed by atoms with Crippen LogP contribution in [0.3, 0.4) is 0 Å². The minimum absolute atomic E-state index is 0.181. The fraction of sp³-hybridized carbons (Fsp3) is 0.0833. The van der Waals surface area contributed by atoms with Crippen molar-refractivity contribution in [2.75, 3.05) is 5.32 Å². The number of halogens is 3. The van der Waals surface area contributed by atoms with Crippen LogP contribution >= 0.6 is 43.5 Å². The maximum Gasteiger partial charge on any atom is 0.230 e. The summed E-state index contributed by atoms with van der Waals surface area (Å²) in [7, 11) is 0. The Morgan fingerprint density at radius 3 is 2.84 bits per heavy atom. The molecule has 0 aliphatic heterocycles. The van der Waals surface area contributed by atoms with Crippen molar-refractivity contribution in [1.82, 2.24) is 9.97 Å². The van der Waals surface area contributed by atoms with E-state index in [1.165, 1.54) is 6.20 Å². The van der Waals surface area contributed by atoms with Gasteiger partial charge in [0.15, 0.2) is 5.82 Å². The van der Waals surface area contributed by atoms with E-state index in [4.69, 9.17) is 11.6 Å². The van der Waals surface area contributed by atoms with Gasteiger partial charge in [-0.15, -0.1) is 0 Å². The number of carbonyl (C=O) groups is 1. The number of anilines is 1. The number of hydrogen-bond acceptors (Lipinski definition) is 3. The van der Waals surface area contributed by atoms with E-state index in [2.05, 4.69) is 47.1 Å². The molecular formula is C12H8Br2ClN3O. The largest absolute Gasteiger partial charge is 0.308 e. The van der Waals surface area contributed by atoms with Crippen LogP contribution in [-0.2, 0) is 11.2 Å². The van der Waals surface area contributed by atoms with Crippen molar-refractivity contribution in [2.45, 2.75) is 6.42 Å². The van der Waals surface area contributed by atoms with Gasteiger partial charge in [0, 0.05) is 5.02 Å². The third-order valence-corrected chi connectivity index (χ3v) is 3.38. The number of amides is 1. The van der Waals surface area contributed by atoms with E-state index < -0.39 is 0 Å². The molecule has 0 radical (unpaired) electrons. The molecule has 0 aliphatic carbocycles. The Morgan fingerprint density at radius 2 is 2.16 bits per heavy atom. The highest BCUT2D eigenvalue weighted by molar-refractivity contribution is 9.11. The average Bonchev–Trinajstić information content (AvgIpc) is 2.33. The zero-order chi connectivity index (χ0) is 13.8. The van der Waals surface area contributed by atoms with E-state index in [9.17, 15) is 4.79 Å². The lowest BCUT2D eigenvalue weighted by Gasteiger charge is -2.06. The Kier molecular flexibility index (Phi) is 4.90. The van der Waals surface area contributed by atoms with Crippen LogP contribution in [0.1, 0.15) is 5.56 Å². The van der Waals surface area contributed by atoms with Crippen LogP contribution in [0, 0.1) is 0 Å². The molecule has 2 rings (SSSR count). The Morgan fingerprint density at radius 1 is 1.37 bits per heavy atom. The second kappa shape index (κ2) is 6.45. The molecule has 0 saturated carbocycles. The lowest BCUT2D eigenvalue weighted by molar-refractivity contribution is -0.115. The Balaban J connectivity index is 2.05. The van der Waals surface area contributed by atoms with Gasteiger partial charge < -0.3 is 5.32 Å². The van der Waals surface area contributed by atoms with E-state index in [1.54, 1.807) is 18.2 Å². The number of hydrogen-bond donors (Lipinski definition) is 1. The highest BCUT2D eigenvalue weighted by Crippen LogP contribution is 2.19. The molecule has 98 valence electrons. The minimum atomic E-state index is -0.181. The summed E-state index contributed by atoms with van der Waals surface area (Å²) in [5.74, 6) is 0.204. The second-order valence-electron chi connectivity index (χ2n) is 3.69. The zero-order valence-electron chi connectivity index (χ0n) is 9.53. The fourth-order valence-corrected chi connectivity index (χ4v) is 2.56. The Labute approximate surface area is 131 Å². The third-order valence-electron chi connectivity index (χ3n) is 2.21. The van der Waals surface area contributed by atoms with Crippen molar-refractivity contribution >= 4 is 55.2 Å². The normalized spacial score (nSPS) is 10.3. The second-order valence-corrected chi connectivity index (χ2v) is 5.69. The third kappa shape index (κ3) is 4.26. The predicted octanol–water partition coefficient (Wildman–Crippen LogP) is 3.84. The number of rotatable bonds is 3. The molecule has 1 aromatic carbocycles. The van der Waals surface area contributed by atoms with E-state index >= 15 is 0 Å². The van der Waals surface area contributed by atoms with Gasteiger partial charge in [-0.05, 0) is 49.6 Å². The van der Waals surface area contributed by atoms with Gasteiger partial charge in [-0.3, -0.25) is 4.79 Å². The molecular weight excluding hydrogens is 397 g/mol. The molecule has 0 spiro atoms. The number of benzene rings is 1. The molecule has 0 bridgehead atoms. The van der Waals surface area contributed by atoms with Crippen LogP contribution < -0.4 is 5.32 Å². The summed E-state index contributed by atoms with van der Waals surface area (Å²) in [6.07, 6.45) is 1.74. The zero-order valence-corrected chi connectivity index (χ0v) is 13.5. The van der Waals surface area contributed by atoms with Crippen molar-refractivity contribution in [1.29, 1.82) is 0 Å². The van der Waals surface area contributed by atoms with Crippen LogP contribution in [0.15, 0.2) is 39.7 Å². The molecule has 4 nitrogen and oxygen atoms in total. The quantitative estimate of drug-likeness (QED) is 0.844. The first-order valence-corrected chi connectivity index (χ1v) is 7.23. The maximum atomic E-state index is 11.9. The Hall–Kier alpha value is -0.980. The minimum Gasteiger partial charge on any atom is -0.308 e. The Bertz CT molecular complexity index is 622. The molecule has 7 heteroatoms. The van der Waals surface area contributed by atoms with Gasteiger partial charge in [-0.2, -0.15) is 0 Å². The first kappa shape index (κ1) is 14.4. The van der Waals surface area contributed by atoms with E-state index in [0.717, 1.165) is 5.56 Å². The molecule has 0 aliphatic rings. The molecule has 0 fully saturated rings. The van der Waals surface area contributed by atoms with Gasteiger partial charge in [0.25, 0.3) is 0 Å². The standard InChI is InChI=1S/C12H8Br2ClN3O/c13-9-6-16-12(11(14)17-9)18-10(19)5-7-2-1-3-8(15)4-7/h1-4,6H,5H2,(H,16,18,19). The van der Waals surface area contributed by atoms with E-state index in [1.807, 2.05) is 6.07 Å². The van der Waals surface area contributed by atoms with Crippen LogP contribution in [0.5, 0.6) is 0 Å². The molecule has 0 unspecified atom stereocenters. The molecule has 2 aromatic rings. The molecule has 0 atom stereocenters. The maximum absolute atomic E-state index is 11.9. The number of nitrogens with one attached hydrogen (secondary N) is 1. The smallest absolute Gasteiger partial charge is 0.230 e. The van der Waals surface area contributed by atoms with Crippen molar-refractivity contribution < 1.29 is 4.79 Å². The van der Waals surface area contributed by atoms with Crippen LogP contribution in [-0.4, -0.2) is 15.9 Å². The summed E-state index contributed by atoms with van der Waals surface area (Å²) in [6, 6.07) is 7.16. The van der Waals surface area contributed by atoms with Gasteiger partial charge in [0.1, 0.15) is 9.21 Å².